The summed E-state index contributed by atoms with van der Waals surface area (Å²) in [6.07, 6.45) is 4.60. The number of nitrogens with one attached hydrogen (secondary N) is 2. The van der Waals surface area contributed by atoms with Crippen LogP contribution < -0.4 is 20.1 Å². The van der Waals surface area contributed by atoms with Gasteiger partial charge < -0.3 is 25.0 Å². The number of carbonyl (C=O) groups excluding carboxylic acids is 2. The van der Waals surface area contributed by atoms with E-state index in [9.17, 15) is 9.59 Å². The summed E-state index contributed by atoms with van der Waals surface area (Å²) in [5, 5.41) is 5.31. The van der Waals surface area contributed by atoms with Crippen LogP contribution in [0.5, 0.6) is 17.2 Å². The summed E-state index contributed by atoms with van der Waals surface area (Å²) in [7, 11) is 1.58. The molecule has 2 amide bonds. The van der Waals surface area contributed by atoms with E-state index in [0.717, 1.165) is 19.5 Å². The Kier molecular flexibility index (Phi) is 8.29. The first-order valence-electron chi connectivity index (χ1n) is 10.8. The third-order valence-electron chi connectivity index (χ3n) is 5.46. The van der Waals surface area contributed by atoms with Crippen LogP contribution in [0.15, 0.2) is 48.5 Å². The molecule has 3 rings (SSSR count). The van der Waals surface area contributed by atoms with Gasteiger partial charge in [0.05, 0.1) is 7.11 Å². The summed E-state index contributed by atoms with van der Waals surface area (Å²) >= 11 is 0. The molecule has 7 nitrogen and oxygen atoms in total. The Hall–Kier alpha value is -3.06. The molecule has 0 bridgehead atoms. The third kappa shape index (κ3) is 6.72. The average molecular weight is 426 g/mol. The van der Waals surface area contributed by atoms with E-state index in [1.54, 1.807) is 31.4 Å². The molecule has 2 N–H and O–H groups in total. The minimum Gasteiger partial charge on any atom is -0.493 e. The summed E-state index contributed by atoms with van der Waals surface area (Å²) in [5.74, 6) is 0.524. The van der Waals surface area contributed by atoms with Crippen LogP contribution >= 0.6 is 0 Å². The fourth-order valence-corrected chi connectivity index (χ4v) is 3.68. The second-order valence-electron chi connectivity index (χ2n) is 7.72. The van der Waals surface area contributed by atoms with Crippen molar-refractivity contribution in [1.29, 1.82) is 0 Å². The van der Waals surface area contributed by atoms with Crippen molar-refractivity contribution in [2.24, 2.45) is 0 Å². The van der Waals surface area contributed by atoms with E-state index in [1.165, 1.54) is 19.3 Å². The molecule has 0 aliphatic carbocycles. The largest absolute Gasteiger partial charge is 0.493 e. The van der Waals surface area contributed by atoms with Crippen LogP contribution in [-0.2, 0) is 9.59 Å². The highest BCUT2D eigenvalue weighted by molar-refractivity contribution is 6.39. The quantitative estimate of drug-likeness (QED) is 0.497. The predicted octanol–water partition coefficient (Wildman–Crippen LogP) is 3.81. The number of amides is 2. The second-order valence-corrected chi connectivity index (χ2v) is 7.72. The summed E-state index contributed by atoms with van der Waals surface area (Å²) in [6, 6.07) is 14.8. The molecule has 0 radical (unpaired) electrons. The van der Waals surface area contributed by atoms with Gasteiger partial charge in [-0.25, -0.2) is 0 Å². The zero-order valence-corrected chi connectivity index (χ0v) is 18.2. The summed E-state index contributed by atoms with van der Waals surface area (Å²) in [5.41, 5.74) is 0.523. The number of methoxy groups -OCH3 is 1. The molecule has 31 heavy (non-hydrogen) atoms. The Balaban J connectivity index is 1.41. The van der Waals surface area contributed by atoms with Gasteiger partial charge in [0.15, 0.2) is 11.5 Å². The number of rotatable bonds is 8. The zero-order chi connectivity index (χ0) is 22.1. The molecule has 1 saturated heterocycles. The van der Waals surface area contributed by atoms with E-state index in [-0.39, 0.29) is 0 Å². The lowest BCUT2D eigenvalue weighted by atomic mass is 10.0. The predicted molar refractivity (Wildman–Crippen MR) is 121 cm³/mol. The van der Waals surface area contributed by atoms with E-state index in [4.69, 9.17) is 9.47 Å². The van der Waals surface area contributed by atoms with Gasteiger partial charge >= 0.3 is 11.8 Å². The van der Waals surface area contributed by atoms with Crippen molar-refractivity contribution in [3.63, 3.8) is 0 Å². The van der Waals surface area contributed by atoms with Gasteiger partial charge in [0.25, 0.3) is 0 Å². The Morgan fingerprint density at radius 1 is 1.03 bits per heavy atom. The summed E-state index contributed by atoms with van der Waals surface area (Å²) in [4.78, 5) is 26.7. The molecule has 2 aromatic carbocycles. The molecule has 1 heterocycles. The van der Waals surface area contributed by atoms with Gasteiger partial charge in [-0.1, -0.05) is 18.6 Å². The Bertz CT molecular complexity index is 869. The van der Waals surface area contributed by atoms with Gasteiger partial charge in [-0.15, -0.1) is 0 Å². The zero-order valence-electron chi connectivity index (χ0n) is 18.2. The first kappa shape index (κ1) is 22.6. The van der Waals surface area contributed by atoms with Crippen LogP contribution in [0.2, 0.25) is 0 Å². The lowest BCUT2D eigenvalue weighted by Gasteiger charge is -2.33. The highest BCUT2D eigenvalue weighted by Crippen LogP contribution is 2.31. The molecule has 1 atom stereocenters. The fraction of sp³-hybridized carbons (Fsp3) is 0.417. The molecule has 1 aliphatic rings. The topological polar surface area (TPSA) is 79.9 Å². The van der Waals surface area contributed by atoms with Crippen molar-refractivity contribution < 1.29 is 19.1 Å². The molecule has 0 unspecified atom stereocenters. The van der Waals surface area contributed by atoms with Crippen molar-refractivity contribution in [3.8, 4) is 17.2 Å². The third-order valence-corrected chi connectivity index (χ3v) is 5.46. The highest BCUT2D eigenvalue weighted by atomic mass is 16.5. The van der Waals surface area contributed by atoms with Crippen molar-refractivity contribution in [1.82, 2.24) is 10.2 Å². The lowest BCUT2D eigenvalue weighted by Crippen LogP contribution is -2.40. The van der Waals surface area contributed by atoms with Gasteiger partial charge in [0.2, 0.25) is 0 Å². The normalized spacial score (nSPS) is 16.4. The van der Waals surface area contributed by atoms with E-state index in [2.05, 4.69) is 22.5 Å². The van der Waals surface area contributed by atoms with Gasteiger partial charge in [0.1, 0.15) is 5.75 Å². The molecule has 1 aliphatic heterocycles. The first-order valence-corrected chi connectivity index (χ1v) is 10.8. The minimum absolute atomic E-state index is 0.487. The number of likely N-dealkylation sites (tertiary alicyclic amines) is 1. The van der Waals surface area contributed by atoms with Crippen molar-refractivity contribution in [3.05, 3.63) is 48.5 Å². The Morgan fingerprint density at radius 2 is 1.77 bits per heavy atom. The van der Waals surface area contributed by atoms with E-state index in [1.807, 2.05) is 24.3 Å². The molecule has 0 saturated carbocycles. The van der Waals surface area contributed by atoms with E-state index in [0.29, 0.717) is 35.5 Å². The van der Waals surface area contributed by atoms with Crippen molar-refractivity contribution in [2.45, 2.75) is 38.6 Å². The van der Waals surface area contributed by atoms with Gasteiger partial charge in [-0.05, 0) is 69.1 Å². The number of ether oxygens (including phenoxy) is 2. The van der Waals surface area contributed by atoms with Gasteiger partial charge in [-0.2, -0.15) is 0 Å². The minimum atomic E-state index is -0.676. The number of carbonyl (C=O) groups is 2. The molecule has 166 valence electrons. The maximum absolute atomic E-state index is 12.1. The highest BCUT2D eigenvalue weighted by Gasteiger charge is 2.18. The van der Waals surface area contributed by atoms with E-state index < -0.39 is 11.8 Å². The maximum Gasteiger partial charge on any atom is 0.313 e. The van der Waals surface area contributed by atoms with Crippen LogP contribution in [0.3, 0.4) is 0 Å². The molecule has 0 aromatic heterocycles. The molecular weight excluding hydrogens is 394 g/mol. The average Bonchev–Trinajstić information content (AvgIpc) is 2.79. The number of anilines is 1. The van der Waals surface area contributed by atoms with Crippen LogP contribution in [0.25, 0.3) is 0 Å². The van der Waals surface area contributed by atoms with Crippen LogP contribution in [0.4, 0.5) is 5.69 Å². The molecule has 2 aromatic rings. The first-order chi connectivity index (χ1) is 15.1. The maximum atomic E-state index is 12.1. The Labute approximate surface area is 183 Å². The van der Waals surface area contributed by atoms with E-state index >= 15 is 0 Å². The number of benzene rings is 2. The molecule has 1 fully saturated rings. The SMILES string of the molecule is COc1ccccc1Oc1ccc(NC(=O)C(=O)NCCCN2CCCC[C@H]2C)cc1. The number of hydrogen-bond donors (Lipinski definition) is 2. The summed E-state index contributed by atoms with van der Waals surface area (Å²) < 4.78 is 11.1. The molecule has 0 spiro atoms. The standard InChI is InChI=1S/C24H31N3O4/c1-18-8-5-6-16-27(18)17-7-15-25-23(28)24(29)26-19-11-13-20(14-12-19)31-22-10-4-3-9-21(22)30-2/h3-4,9-14,18H,5-8,15-17H2,1-2H3,(H,25,28)(H,26,29)/t18-/m1/s1. The fourth-order valence-electron chi connectivity index (χ4n) is 3.68. The second kappa shape index (κ2) is 11.4. The number of hydrogen-bond acceptors (Lipinski definition) is 5. The number of piperidine rings is 1. The molecular formula is C24H31N3O4. The number of nitrogens with zero attached hydrogens (tertiary/aromatic N) is 1. The van der Waals surface area contributed by atoms with Crippen LogP contribution in [0.1, 0.15) is 32.6 Å². The van der Waals surface area contributed by atoms with Crippen molar-refractivity contribution in [2.75, 3.05) is 32.1 Å². The summed E-state index contributed by atoms with van der Waals surface area (Å²) in [6.45, 7) is 4.79. The van der Waals surface area contributed by atoms with Gasteiger partial charge in [0, 0.05) is 24.8 Å². The molecule has 7 heteroatoms. The monoisotopic (exact) mass is 425 g/mol. The van der Waals surface area contributed by atoms with Crippen LogP contribution in [0, 0.1) is 0 Å². The lowest BCUT2D eigenvalue weighted by molar-refractivity contribution is -0.136. The Morgan fingerprint density at radius 3 is 2.48 bits per heavy atom. The number of para-hydroxylation sites is 2. The smallest absolute Gasteiger partial charge is 0.313 e. The van der Waals surface area contributed by atoms with Crippen molar-refractivity contribution >= 4 is 17.5 Å². The van der Waals surface area contributed by atoms with Crippen LogP contribution in [-0.4, -0.2) is 49.5 Å². The van der Waals surface area contributed by atoms with Gasteiger partial charge in [-0.3, -0.25) is 9.59 Å².